The van der Waals surface area contributed by atoms with Crippen LogP contribution in [0.1, 0.15) is 0 Å². The van der Waals surface area contributed by atoms with Gasteiger partial charge in [-0.25, -0.2) is 0 Å². The van der Waals surface area contributed by atoms with Gasteiger partial charge in [-0.3, -0.25) is 4.79 Å². The molecule has 8 heteroatoms. The third kappa shape index (κ3) is 3.70. The predicted octanol–water partition coefficient (Wildman–Crippen LogP) is 4.71. The summed E-state index contributed by atoms with van der Waals surface area (Å²) in [4.78, 5) is 16.2. The number of amides is 1. The third-order valence-electron chi connectivity index (χ3n) is 3.12. The van der Waals surface area contributed by atoms with Gasteiger partial charge in [0.15, 0.2) is 0 Å². The van der Waals surface area contributed by atoms with Crippen molar-refractivity contribution in [2.24, 2.45) is 0 Å². The molecule has 0 radical (unpaired) electrons. The van der Waals surface area contributed by atoms with Crippen LogP contribution in [-0.2, 0) is 4.79 Å². The molecule has 1 N–H and O–H groups in total. The zero-order chi connectivity index (χ0) is 17.2. The molecule has 0 bridgehead atoms. The molecule has 0 unspecified atom stereocenters. The van der Waals surface area contributed by atoms with E-state index in [4.69, 9.17) is 39.3 Å². The van der Waals surface area contributed by atoms with Crippen LogP contribution < -0.4 is 5.32 Å². The molecule has 3 aromatic rings. The number of aromatic nitrogens is 2. The molecule has 0 saturated heterocycles. The number of rotatable bonds is 3. The van der Waals surface area contributed by atoms with E-state index >= 15 is 0 Å². The predicted molar refractivity (Wildman–Crippen MR) is 94.1 cm³/mol. The van der Waals surface area contributed by atoms with Gasteiger partial charge in [0.25, 0.3) is 15.6 Å². The van der Waals surface area contributed by atoms with Crippen molar-refractivity contribution < 1.29 is 9.32 Å². The van der Waals surface area contributed by atoms with E-state index in [2.05, 4.69) is 15.5 Å². The fourth-order valence-electron chi connectivity index (χ4n) is 2.01. The number of nitrogens with zero attached hydrogens (tertiary/aromatic N) is 2. The summed E-state index contributed by atoms with van der Waals surface area (Å²) in [6.45, 7) is 0. The average Bonchev–Trinajstić information content (AvgIpc) is 3.05. The Morgan fingerprint density at radius 3 is 2.38 bits per heavy atom. The second-order valence-corrected chi connectivity index (χ2v) is 7.07. The van der Waals surface area contributed by atoms with Gasteiger partial charge in [-0.2, -0.15) is 4.98 Å². The molecule has 0 aliphatic heterocycles. The summed E-state index contributed by atoms with van der Waals surface area (Å²) in [5, 5.41) is 6.49. The summed E-state index contributed by atoms with van der Waals surface area (Å²) < 4.78 is 3.23. The molecule has 122 valence electrons. The highest BCUT2D eigenvalue weighted by Crippen LogP contribution is 2.32. The average molecular weight is 383 g/mol. The van der Waals surface area contributed by atoms with Crippen LogP contribution in [0.2, 0.25) is 0 Å². The number of nitrogens with one attached hydrogen (secondary N) is 1. The Balaban J connectivity index is 1.94. The van der Waals surface area contributed by atoms with E-state index in [-0.39, 0.29) is 5.89 Å². The molecular formula is C16H10Cl3N3O2. The molecule has 5 nitrogen and oxygen atoms in total. The number of hydrogen-bond donors (Lipinski definition) is 1. The highest BCUT2D eigenvalue weighted by molar-refractivity contribution is 6.76. The molecule has 24 heavy (non-hydrogen) atoms. The van der Waals surface area contributed by atoms with Crippen LogP contribution in [0, 0.1) is 0 Å². The van der Waals surface area contributed by atoms with Crippen molar-refractivity contribution in [3.05, 3.63) is 54.6 Å². The second kappa shape index (κ2) is 6.81. The van der Waals surface area contributed by atoms with E-state index in [0.717, 1.165) is 5.56 Å². The minimum Gasteiger partial charge on any atom is -0.334 e. The van der Waals surface area contributed by atoms with Crippen molar-refractivity contribution >= 4 is 46.4 Å². The van der Waals surface area contributed by atoms with Gasteiger partial charge in [0, 0.05) is 5.56 Å². The summed E-state index contributed by atoms with van der Waals surface area (Å²) in [5.74, 6) is -0.0927. The van der Waals surface area contributed by atoms with E-state index in [0.29, 0.717) is 17.1 Å². The zero-order valence-electron chi connectivity index (χ0n) is 12.0. The largest absolute Gasteiger partial charge is 0.334 e. The first-order chi connectivity index (χ1) is 11.4. The van der Waals surface area contributed by atoms with Crippen LogP contribution in [-0.4, -0.2) is 19.8 Å². The fraction of sp³-hybridized carbons (Fsp3) is 0.0625. The van der Waals surface area contributed by atoms with Crippen LogP contribution in [0.5, 0.6) is 0 Å². The molecule has 3 rings (SSSR count). The number of hydrogen-bond acceptors (Lipinski definition) is 4. The first-order valence-electron chi connectivity index (χ1n) is 6.82. The van der Waals surface area contributed by atoms with Crippen LogP contribution in [0.25, 0.3) is 22.8 Å². The third-order valence-corrected chi connectivity index (χ3v) is 3.64. The first-order valence-corrected chi connectivity index (χ1v) is 7.95. The zero-order valence-corrected chi connectivity index (χ0v) is 14.3. The molecular weight excluding hydrogens is 373 g/mol. The molecule has 0 spiro atoms. The molecule has 1 amide bonds. The monoisotopic (exact) mass is 381 g/mol. The smallest absolute Gasteiger partial charge is 0.276 e. The minimum atomic E-state index is -2.07. The van der Waals surface area contributed by atoms with Gasteiger partial charge >= 0.3 is 0 Å². The Morgan fingerprint density at radius 2 is 1.67 bits per heavy atom. The number of carbonyl (C=O) groups is 1. The summed E-state index contributed by atoms with van der Waals surface area (Å²) in [5.41, 5.74) is 1.74. The van der Waals surface area contributed by atoms with E-state index in [9.17, 15) is 4.79 Å². The topological polar surface area (TPSA) is 68.0 Å². The molecule has 1 heterocycles. The van der Waals surface area contributed by atoms with Crippen LogP contribution >= 0.6 is 34.8 Å². The highest BCUT2D eigenvalue weighted by Gasteiger charge is 2.31. The van der Waals surface area contributed by atoms with E-state index < -0.39 is 9.70 Å². The summed E-state index contributed by atoms with van der Waals surface area (Å²) in [6, 6.07) is 16.2. The number of halogens is 3. The number of alkyl halides is 3. The SMILES string of the molecule is O=C(Nc1ccccc1-c1nc(-c2ccccc2)no1)C(Cl)(Cl)Cl. The summed E-state index contributed by atoms with van der Waals surface area (Å²) in [6.07, 6.45) is 0. The number of benzene rings is 2. The van der Waals surface area contributed by atoms with Gasteiger partial charge < -0.3 is 9.84 Å². The van der Waals surface area contributed by atoms with Crippen molar-refractivity contribution in [1.29, 1.82) is 0 Å². The molecule has 0 saturated carbocycles. The molecule has 0 aliphatic carbocycles. The summed E-state index contributed by atoms with van der Waals surface area (Å²) in [7, 11) is 0. The van der Waals surface area contributed by atoms with E-state index in [1.807, 2.05) is 30.3 Å². The van der Waals surface area contributed by atoms with E-state index in [1.165, 1.54) is 0 Å². The maximum atomic E-state index is 11.9. The van der Waals surface area contributed by atoms with Crippen LogP contribution in [0.3, 0.4) is 0 Å². The van der Waals surface area contributed by atoms with Crippen molar-refractivity contribution in [1.82, 2.24) is 10.1 Å². The lowest BCUT2D eigenvalue weighted by atomic mass is 10.1. The maximum absolute atomic E-state index is 11.9. The molecule has 1 aromatic heterocycles. The molecule has 0 aliphatic rings. The second-order valence-electron chi connectivity index (χ2n) is 4.79. The Labute approximate surface area is 152 Å². The standard InChI is InChI=1S/C16H10Cl3N3O2/c17-16(18,19)15(23)20-12-9-5-4-8-11(12)14-21-13(22-24-14)10-6-2-1-3-7-10/h1-9H,(H,20,23). The van der Waals surface area contributed by atoms with Gasteiger partial charge in [-0.15, -0.1) is 0 Å². The number of anilines is 1. The van der Waals surface area contributed by atoms with Crippen LogP contribution in [0.4, 0.5) is 5.69 Å². The van der Waals surface area contributed by atoms with Gasteiger partial charge in [0.05, 0.1) is 11.3 Å². The lowest BCUT2D eigenvalue weighted by molar-refractivity contribution is -0.115. The highest BCUT2D eigenvalue weighted by atomic mass is 35.6. The molecule has 0 atom stereocenters. The van der Waals surface area contributed by atoms with E-state index in [1.54, 1.807) is 24.3 Å². The first kappa shape index (κ1) is 16.8. The summed E-state index contributed by atoms with van der Waals surface area (Å²) >= 11 is 16.8. The number of carbonyl (C=O) groups excluding carboxylic acids is 1. The Hall–Kier alpha value is -2.08. The fourth-order valence-corrected chi connectivity index (χ4v) is 2.15. The van der Waals surface area contributed by atoms with Crippen molar-refractivity contribution in [2.45, 2.75) is 3.79 Å². The number of para-hydroxylation sites is 1. The van der Waals surface area contributed by atoms with Gasteiger partial charge in [0.2, 0.25) is 5.82 Å². The lowest BCUT2D eigenvalue weighted by Gasteiger charge is -2.13. The lowest BCUT2D eigenvalue weighted by Crippen LogP contribution is -2.27. The van der Waals surface area contributed by atoms with Crippen LogP contribution in [0.15, 0.2) is 59.1 Å². The maximum Gasteiger partial charge on any atom is 0.276 e. The molecule has 2 aromatic carbocycles. The molecule has 0 fully saturated rings. The van der Waals surface area contributed by atoms with Crippen molar-refractivity contribution in [3.8, 4) is 22.8 Å². The Kier molecular flexibility index (Phi) is 4.76. The quantitative estimate of drug-likeness (QED) is 0.666. The Bertz CT molecular complexity index is 860. The Morgan fingerprint density at radius 1 is 1.00 bits per heavy atom. The minimum absolute atomic E-state index is 0.245. The van der Waals surface area contributed by atoms with Gasteiger partial charge in [-0.05, 0) is 12.1 Å². The van der Waals surface area contributed by atoms with Crippen molar-refractivity contribution in [3.63, 3.8) is 0 Å². The normalized spacial score (nSPS) is 11.3. The van der Waals surface area contributed by atoms with Gasteiger partial charge in [0.1, 0.15) is 0 Å². The van der Waals surface area contributed by atoms with Gasteiger partial charge in [-0.1, -0.05) is 82.4 Å². The van der Waals surface area contributed by atoms with Crippen molar-refractivity contribution in [2.75, 3.05) is 5.32 Å².